The number of aliphatic carboxylic acids is 1. The number of carbonyl (C=O) groups is 6. The largest absolute Gasteiger partial charge is 0.480 e. The van der Waals surface area contributed by atoms with Gasteiger partial charge < -0.3 is 43.4 Å². The van der Waals surface area contributed by atoms with Crippen molar-refractivity contribution in [2.24, 2.45) is 23.1 Å². The number of rotatable bonds is 13. The van der Waals surface area contributed by atoms with E-state index in [1.54, 1.807) is 0 Å². The zero-order valence-corrected chi connectivity index (χ0v) is 16.6. The van der Waals surface area contributed by atoms with Crippen LogP contribution in [0.3, 0.4) is 0 Å². The van der Waals surface area contributed by atoms with Gasteiger partial charge in [-0.1, -0.05) is 13.8 Å². The molecule has 11 N–H and O–H groups in total. The SMILES string of the molecule is CC(C)C(NC(=O)C(CC(N)=O)NC(=O)C(CO)NC(=O)C(N)CC(N)=O)C(=O)O. The highest BCUT2D eigenvalue weighted by atomic mass is 16.4. The molecule has 4 unspecified atom stereocenters. The third-order valence-electron chi connectivity index (χ3n) is 3.84. The molecule has 0 bridgehead atoms. The molecule has 0 aromatic heterocycles. The van der Waals surface area contributed by atoms with E-state index in [0.717, 1.165) is 0 Å². The van der Waals surface area contributed by atoms with Crippen molar-refractivity contribution in [3.05, 3.63) is 0 Å². The Hall–Kier alpha value is -3.26. The Morgan fingerprint density at radius 1 is 0.800 bits per heavy atom. The number of hydrogen-bond donors (Lipinski definition) is 8. The molecule has 0 radical (unpaired) electrons. The predicted molar refractivity (Wildman–Crippen MR) is 101 cm³/mol. The normalized spacial score (nSPS) is 14.7. The molecule has 14 heteroatoms. The summed E-state index contributed by atoms with van der Waals surface area (Å²) < 4.78 is 0. The number of nitrogens with one attached hydrogen (secondary N) is 3. The molecule has 0 aliphatic carbocycles. The van der Waals surface area contributed by atoms with Crippen molar-refractivity contribution >= 4 is 35.5 Å². The first-order valence-corrected chi connectivity index (χ1v) is 8.87. The summed E-state index contributed by atoms with van der Waals surface area (Å²) in [6.07, 6.45) is -1.18. The van der Waals surface area contributed by atoms with Gasteiger partial charge in [0.05, 0.1) is 25.5 Å². The summed E-state index contributed by atoms with van der Waals surface area (Å²) in [6.45, 7) is 2.16. The van der Waals surface area contributed by atoms with Crippen LogP contribution in [-0.4, -0.2) is 76.5 Å². The van der Waals surface area contributed by atoms with Gasteiger partial charge in [-0.3, -0.25) is 24.0 Å². The van der Waals surface area contributed by atoms with Gasteiger partial charge in [0, 0.05) is 0 Å². The fraction of sp³-hybridized carbons (Fsp3) is 0.625. The van der Waals surface area contributed by atoms with Gasteiger partial charge in [0.25, 0.3) is 0 Å². The molecule has 0 aliphatic rings. The third kappa shape index (κ3) is 9.29. The highest BCUT2D eigenvalue weighted by Crippen LogP contribution is 2.04. The van der Waals surface area contributed by atoms with Gasteiger partial charge in [-0.25, -0.2) is 4.79 Å². The van der Waals surface area contributed by atoms with Gasteiger partial charge in [-0.2, -0.15) is 0 Å². The van der Waals surface area contributed by atoms with E-state index in [4.69, 9.17) is 22.3 Å². The number of aliphatic hydroxyl groups excluding tert-OH is 1. The lowest BCUT2D eigenvalue weighted by Gasteiger charge is -2.24. The topological polar surface area (TPSA) is 257 Å². The van der Waals surface area contributed by atoms with Crippen molar-refractivity contribution in [2.75, 3.05) is 6.61 Å². The van der Waals surface area contributed by atoms with Crippen LogP contribution in [0.2, 0.25) is 0 Å². The van der Waals surface area contributed by atoms with Gasteiger partial charge in [-0.05, 0) is 5.92 Å². The molecule has 170 valence electrons. The third-order valence-corrected chi connectivity index (χ3v) is 3.84. The Morgan fingerprint density at radius 2 is 1.27 bits per heavy atom. The van der Waals surface area contributed by atoms with Crippen LogP contribution < -0.4 is 33.2 Å². The fourth-order valence-corrected chi connectivity index (χ4v) is 2.23. The van der Waals surface area contributed by atoms with Crippen molar-refractivity contribution in [2.45, 2.75) is 50.9 Å². The van der Waals surface area contributed by atoms with Gasteiger partial charge in [0.15, 0.2) is 0 Å². The smallest absolute Gasteiger partial charge is 0.326 e. The quantitative estimate of drug-likeness (QED) is 0.139. The molecule has 0 fully saturated rings. The average Bonchev–Trinajstić information content (AvgIpc) is 2.61. The second-order valence-corrected chi connectivity index (χ2v) is 6.82. The molecule has 0 rings (SSSR count). The lowest BCUT2D eigenvalue weighted by molar-refractivity contribution is -0.143. The summed E-state index contributed by atoms with van der Waals surface area (Å²) >= 11 is 0. The first-order chi connectivity index (χ1) is 13.8. The van der Waals surface area contributed by atoms with Gasteiger partial charge in [0.1, 0.15) is 18.1 Å². The standard InChI is InChI=1S/C16H28N6O8/c1-6(2)12(16(29)30)22-14(27)8(4-11(19)25)20-15(28)9(5-23)21-13(26)7(17)3-10(18)24/h6-9,12,23H,3-5,17H2,1-2H3,(H2,18,24)(H2,19,25)(H,20,28)(H,21,26)(H,22,27)(H,29,30). The monoisotopic (exact) mass is 432 g/mol. The summed E-state index contributed by atoms with van der Waals surface area (Å²) in [7, 11) is 0. The van der Waals surface area contributed by atoms with Crippen LogP contribution >= 0.6 is 0 Å². The molecule has 0 aromatic rings. The summed E-state index contributed by atoms with van der Waals surface area (Å²) in [5.41, 5.74) is 15.4. The minimum atomic E-state index is -1.58. The van der Waals surface area contributed by atoms with E-state index in [-0.39, 0.29) is 0 Å². The summed E-state index contributed by atoms with van der Waals surface area (Å²) in [5, 5.41) is 24.9. The van der Waals surface area contributed by atoms with Crippen LogP contribution in [0.4, 0.5) is 0 Å². The van der Waals surface area contributed by atoms with Crippen molar-refractivity contribution in [3.63, 3.8) is 0 Å². The summed E-state index contributed by atoms with van der Waals surface area (Å²) in [4.78, 5) is 69.9. The molecule has 0 aliphatic heterocycles. The van der Waals surface area contributed by atoms with Gasteiger partial charge in [-0.15, -0.1) is 0 Å². The maximum Gasteiger partial charge on any atom is 0.326 e. The van der Waals surface area contributed by atoms with Crippen LogP contribution in [0.25, 0.3) is 0 Å². The fourth-order valence-electron chi connectivity index (χ4n) is 2.23. The number of aliphatic hydroxyl groups is 1. The number of carbonyl (C=O) groups excluding carboxylic acids is 5. The van der Waals surface area contributed by atoms with Crippen LogP contribution in [-0.2, 0) is 28.8 Å². The zero-order chi connectivity index (χ0) is 23.6. The number of amides is 5. The molecule has 0 saturated heterocycles. The minimum absolute atomic E-state index is 0.507. The maximum absolute atomic E-state index is 12.4. The van der Waals surface area contributed by atoms with E-state index in [1.807, 2.05) is 0 Å². The number of carboxylic acids is 1. The lowest BCUT2D eigenvalue weighted by atomic mass is 10.0. The van der Waals surface area contributed by atoms with Gasteiger partial charge in [0.2, 0.25) is 29.5 Å². The Labute approximate surface area is 171 Å². The Kier molecular flexibility index (Phi) is 11.0. The number of carboxylic acid groups (broad SMARTS) is 1. The molecule has 0 saturated carbocycles. The molecule has 14 nitrogen and oxygen atoms in total. The zero-order valence-electron chi connectivity index (χ0n) is 16.6. The number of nitrogens with two attached hydrogens (primary N) is 3. The van der Waals surface area contributed by atoms with Crippen LogP contribution in [0.15, 0.2) is 0 Å². The maximum atomic E-state index is 12.4. The van der Waals surface area contributed by atoms with E-state index in [0.29, 0.717) is 0 Å². The predicted octanol–water partition coefficient (Wildman–Crippen LogP) is -4.75. The van der Waals surface area contributed by atoms with Gasteiger partial charge >= 0.3 is 5.97 Å². The molecule has 4 atom stereocenters. The minimum Gasteiger partial charge on any atom is -0.480 e. The lowest BCUT2D eigenvalue weighted by Crippen LogP contribution is -2.59. The molecule has 30 heavy (non-hydrogen) atoms. The van der Waals surface area contributed by atoms with Crippen molar-refractivity contribution in [1.29, 1.82) is 0 Å². The Balaban J connectivity index is 5.28. The Bertz CT molecular complexity index is 683. The van der Waals surface area contributed by atoms with Crippen LogP contribution in [0, 0.1) is 5.92 Å². The second kappa shape index (κ2) is 12.3. The van der Waals surface area contributed by atoms with E-state index >= 15 is 0 Å². The summed E-state index contributed by atoms with van der Waals surface area (Å²) in [5.74, 6) is -6.71. The second-order valence-electron chi connectivity index (χ2n) is 6.82. The summed E-state index contributed by atoms with van der Waals surface area (Å²) in [6, 6.07) is -5.83. The van der Waals surface area contributed by atoms with Crippen molar-refractivity contribution in [3.8, 4) is 0 Å². The van der Waals surface area contributed by atoms with Crippen molar-refractivity contribution in [1.82, 2.24) is 16.0 Å². The number of hydrogen-bond acceptors (Lipinski definition) is 8. The first-order valence-electron chi connectivity index (χ1n) is 8.87. The molecule has 0 spiro atoms. The van der Waals surface area contributed by atoms with Crippen LogP contribution in [0.5, 0.6) is 0 Å². The molecule has 0 aromatic carbocycles. The molecular weight excluding hydrogens is 404 g/mol. The van der Waals surface area contributed by atoms with E-state index in [2.05, 4.69) is 16.0 Å². The number of primary amides is 2. The van der Waals surface area contributed by atoms with Crippen LogP contribution in [0.1, 0.15) is 26.7 Å². The first kappa shape index (κ1) is 26.7. The molecule has 5 amide bonds. The highest BCUT2D eigenvalue weighted by molar-refractivity contribution is 5.96. The van der Waals surface area contributed by atoms with E-state index in [9.17, 15) is 33.9 Å². The average molecular weight is 432 g/mol. The van der Waals surface area contributed by atoms with E-state index in [1.165, 1.54) is 13.8 Å². The highest BCUT2D eigenvalue weighted by Gasteiger charge is 2.32. The molecular formula is C16H28N6O8. The Morgan fingerprint density at radius 3 is 1.67 bits per heavy atom. The van der Waals surface area contributed by atoms with Crippen molar-refractivity contribution < 1.29 is 39.0 Å². The van der Waals surface area contributed by atoms with E-state index < -0.39 is 85.0 Å². The molecule has 0 heterocycles.